The Morgan fingerprint density at radius 1 is 1.16 bits per heavy atom. The molecular weight excluding hydrogens is 236 g/mol. The van der Waals surface area contributed by atoms with Gasteiger partial charge in [-0.1, -0.05) is 12.1 Å². The molecule has 0 aliphatic carbocycles. The highest BCUT2D eigenvalue weighted by Gasteiger charge is 2.12. The second-order valence-corrected chi connectivity index (χ2v) is 5.86. The summed E-state index contributed by atoms with van der Waals surface area (Å²) in [5.41, 5.74) is 3.24. The molecule has 2 rings (SSSR count). The number of likely N-dealkylation sites (N-methyl/N-ethyl adjacent to an activating group) is 1. The molecule has 0 aromatic heterocycles. The lowest BCUT2D eigenvalue weighted by Gasteiger charge is -2.21. The fourth-order valence-electron chi connectivity index (χ4n) is 2.85. The van der Waals surface area contributed by atoms with Crippen LogP contribution < -0.4 is 0 Å². The average molecular weight is 262 g/mol. The van der Waals surface area contributed by atoms with Crippen molar-refractivity contribution in [3.8, 4) is 5.75 Å². The Hall–Kier alpha value is -1.06. The second kappa shape index (κ2) is 6.40. The number of benzene rings is 1. The molecule has 3 heteroatoms. The molecule has 1 saturated heterocycles. The number of likely N-dealkylation sites (tertiary alicyclic amines) is 1. The summed E-state index contributed by atoms with van der Waals surface area (Å²) >= 11 is 0. The first-order valence-corrected chi connectivity index (χ1v) is 7.26. The summed E-state index contributed by atoms with van der Waals surface area (Å²) < 4.78 is 0. The quantitative estimate of drug-likeness (QED) is 0.883. The van der Waals surface area contributed by atoms with Crippen molar-refractivity contribution in [3.05, 3.63) is 28.8 Å². The monoisotopic (exact) mass is 262 g/mol. The van der Waals surface area contributed by atoms with Crippen molar-refractivity contribution < 1.29 is 5.11 Å². The van der Waals surface area contributed by atoms with Crippen LogP contribution in [0.15, 0.2) is 12.1 Å². The van der Waals surface area contributed by atoms with Crippen molar-refractivity contribution in [1.82, 2.24) is 9.80 Å². The number of rotatable bonds is 5. The third-order valence-electron chi connectivity index (χ3n) is 4.00. The van der Waals surface area contributed by atoms with Gasteiger partial charge in [0.05, 0.1) is 0 Å². The Morgan fingerprint density at radius 2 is 1.74 bits per heavy atom. The van der Waals surface area contributed by atoms with Crippen LogP contribution in [0.4, 0.5) is 0 Å². The van der Waals surface area contributed by atoms with Gasteiger partial charge in [0.1, 0.15) is 5.75 Å². The minimum Gasteiger partial charge on any atom is -0.507 e. The lowest BCUT2D eigenvalue weighted by atomic mass is 10.1. The van der Waals surface area contributed by atoms with E-state index in [0.717, 1.165) is 24.2 Å². The molecule has 1 heterocycles. The van der Waals surface area contributed by atoms with Crippen LogP contribution in [0.2, 0.25) is 0 Å². The summed E-state index contributed by atoms with van der Waals surface area (Å²) in [6.07, 6.45) is 2.72. The number of nitrogens with zero attached hydrogens (tertiary/aromatic N) is 2. The van der Waals surface area contributed by atoms with Crippen LogP contribution in [0.25, 0.3) is 0 Å². The van der Waals surface area contributed by atoms with E-state index in [1.807, 2.05) is 13.8 Å². The van der Waals surface area contributed by atoms with E-state index in [0.29, 0.717) is 5.75 Å². The highest BCUT2D eigenvalue weighted by atomic mass is 16.3. The standard InChI is InChI=1S/C16H26N2O/c1-13-10-15(11-14(2)16(13)19)12-17(3)8-9-18-6-4-5-7-18/h10-11,19H,4-9,12H2,1-3H3. The Balaban J connectivity index is 1.85. The molecule has 0 amide bonds. The van der Waals surface area contributed by atoms with Gasteiger partial charge in [-0.05, 0) is 63.5 Å². The Labute approximate surface area is 116 Å². The highest BCUT2D eigenvalue weighted by Crippen LogP contribution is 2.23. The summed E-state index contributed by atoms with van der Waals surface area (Å²) in [6, 6.07) is 4.18. The van der Waals surface area contributed by atoms with Gasteiger partial charge in [0, 0.05) is 19.6 Å². The maximum Gasteiger partial charge on any atom is 0.121 e. The zero-order valence-electron chi connectivity index (χ0n) is 12.4. The van der Waals surface area contributed by atoms with Crippen LogP contribution in [-0.4, -0.2) is 48.1 Å². The number of hydrogen-bond donors (Lipinski definition) is 1. The molecule has 0 bridgehead atoms. The van der Waals surface area contributed by atoms with Crippen molar-refractivity contribution >= 4 is 0 Å². The Bertz CT molecular complexity index is 402. The van der Waals surface area contributed by atoms with Crippen molar-refractivity contribution in [2.24, 2.45) is 0 Å². The van der Waals surface area contributed by atoms with E-state index in [2.05, 4.69) is 29.0 Å². The topological polar surface area (TPSA) is 26.7 Å². The van der Waals surface area contributed by atoms with Crippen molar-refractivity contribution in [1.29, 1.82) is 0 Å². The lowest BCUT2D eigenvalue weighted by molar-refractivity contribution is 0.252. The summed E-state index contributed by atoms with van der Waals surface area (Å²) in [6.45, 7) is 9.71. The number of aromatic hydroxyl groups is 1. The molecule has 1 N–H and O–H groups in total. The van der Waals surface area contributed by atoms with E-state index in [9.17, 15) is 5.11 Å². The largest absolute Gasteiger partial charge is 0.507 e. The van der Waals surface area contributed by atoms with E-state index in [1.165, 1.54) is 38.0 Å². The van der Waals surface area contributed by atoms with Crippen LogP contribution in [-0.2, 0) is 6.54 Å². The van der Waals surface area contributed by atoms with Crippen molar-refractivity contribution in [2.75, 3.05) is 33.2 Å². The van der Waals surface area contributed by atoms with E-state index in [4.69, 9.17) is 0 Å². The van der Waals surface area contributed by atoms with Gasteiger partial charge >= 0.3 is 0 Å². The minimum atomic E-state index is 0.434. The van der Waals surface area contributed by atoms with E-state index >= 15 is 0 Å². The molecule has 19 heavy (non-hydrogen) atoms. The van der Waals surface area contributed by atoms with E-state index in [1.54, 1.807) is 0 Å². The Morgan fingerprint density at radius 3 is 2.32 bits per heavy atom. The van der Waals surface area contributed by atoms with E-state index in [-0.39, 0.29) is 0 Å². The SMILES string of the molecule is Cc1cc(CN(C)CCN2CCCC2)cc(C)c1O. The maximum atomic E-state index is 9.79. The maximum absolute atomic E-state index is 9.79. The van der Waals surface area contributed by atoms with Crippen LogP contribution in [0.1, 0.15) is 29.5 Å². The van der Waals surface area contributed by atoms with Gasteiger partial charge in [-0.2, -0.15) is 0 Å². The van der Waals surface area contributed by atoms with Gasteiger partial charge in [0.2, 0.25) is 0 Å². The van der Waals surface area contributed by atoms with Crippen LogP contribution >= 0.6 is 0 Å². The molecule has 1 aromatic carbocycles. The fraction of sp³-hybridized carbons (Fsp3) is 0.625. The number of aryl methyl sites for hydroxylation is 2. The third kappa shape index (κ3) is 3.95. The molecule has 0 spiro atoms. The zero-order valence-corrected chi connectivity index (χ0v) is 12.4. The first kappa shape index (κ1) is 14.4. The number of phenolic OH excluding ortho intramolecular Hbond substituents is 1. The van der Waals surface area contributed by atoms with Gasteiger partial charge in [0.15, 0.2) is 0 Å². The van der Waals surface area contributed by atoms with Gasteiger partial charge < -0.3 is 14.9 Å². The summed E-state index contributed by atoms with van der Waals surface area (Å²) in [5, 5.41) is 9.79. The first-order chi connectivity index (χ1) is 9.06. The smallest absolute Gasteiger partial charge is 0.121 e. The molecule has 3 nitrogen and oxygen atoms in total. The van der Waals surface area contributed by atoms with Crippen LogP contribution in [0.5, 0.6) is 5.75 Å². The predicted octanol–water partition coefficient (Wildman–Crippen LogP) is 2.54. The molecule has 1 aliphatic heterocycles. The molecule has 1 fully saturated rings. The van der Waals surface area contributed by atoms with Gasteiger partial charge in [-0.3, -0.25) is 0 Å². The molecule has 0 radical (unpaired) electrons. The zero-order chi connectivity index (χ0) is 13.8. The lowest BCUT2D eigenvalue weighted by Crippen LogP contribution is -2.31. The van der Waals surface area contributed by atoms with Crippen LogP contribution in [0, 0.1) is 13.8 Å². The second-order valence-electron chi connectivity index (χ2n) is 5.86. The molecule has 106 valence electrons. The molecule has 0 atom stereocenters. The summed E-state index contributed by atoms with van der Waals surface area (Å²) in [5.74, 6) is 0.434. The molecule has 0 saturated carbocycles. The Kier molecular flexibility index (Phi) is 4.83. The molecule has 0 unspecified atom stereocenters. The normalized spacial score (nSPS) is 16.4. The van der Waals surface area contributed by atoms with Crippen molar-refractivity contribution in [2.45, 2.75) is 33.2 Å². The third-order valence-corrected chi connectivity index (χ3v) is 4.00. The summed E-state index contributed by atoms with van der Waals surface area (Å²) in [4.78, 5) is 4.91. The van der Waals surface area contributed by atoms with Crippen molar-refractivity contribution in [3.63, 3.8) is 0 Å². The highest BCUT2D eigenvalue weighted by molar-refractivity contribution is 5.42. The first-order valence-electron chi connectivity index (χ1n) is 7.26. The molecule has 1 aliphatic rings. The fourth-order valence-corrected chi connectivity index (χ4v) is 2.85. The molecule has 1 aromatic rings. The van der Waals surface area contributed by atoms with Crippen LogP contribution in [0.3, 0.4) is 0 Å². The van der Waals surface area contributed by atoms with Gasteiger partial charge in [-0.25, -0.2) is 0 Å². The average Bonchev–Trinajstić information content (AvgIpc) is 2.86. The number of hydrogen-bond acceptors (Lipinski definition) is 3. The molecular formula is C16H26N2O. The number of phenols is 1. The van der Waals surface area contributed by atoms with Gasteiger partial charge in [-0.15, -0.1) is 0 Å². The summed E-state index contributed by atoms with van der Waals surface area (Å²) in [7, 11) is 2.17. The minimum absolute atomic E-state index is 0.434. The van der Waals surface area contributed by atoms with Gasteiger partial charge in [0.25, 0.3) is 0 Å². The van der Waals surface area contributed by atoms with E-state index < -0.39 is 0 Å². The predicted molar refractivity (Wildman–Crippen MR) is 79.6 cm³/mol.